The number of nitrogens with one attached hydrogen (secondary N) is 1. The summed E-state index contributed by atoms with van der Waals surface area (Å²) in [5.41, 5.74) is 6.02. The molecule has 0 saturated heterocycles. The Kier molecular flexibility index (Phi) is 4.89. The van der Waals surface area contributed by atoms with Gasteiger partial charge in [0.05, 0.1) is 12.2 Å². The van der Waals surface area contributed by atoms with Crippen molar-refractivity contribution in [2.45, 2.75) is 32.7 Å². The molecule has 0 aliphatic heterocycles. The van der Waals surface area contributed by atoms with Gasteiger partial charge in [-0.3, -0.25) is 9.69 Å². The lowest BCUT2D eigenvalue weighted by molar-refractivity contribution is -0.118. The molecule has 1 aromatic carbocycles. The highest BCUT2D eigenvalue weighted by Gasteiger charge is 2.23. The first-order valence-corrected chi connectivity index (χ1v) is 6.32. The van der Waals surface area contributed by atoms with E-state index in [2.05, 4.69) is 26.1 Å². The van der Waals surface area contributed by atoms with E-state index in [1.165, 1.54) is 18.2 Å². The summed E-state index contributed by atoms with van der Waals surface area (Å²) in [7, 11) is 1.87. The van der Waals surface area contributed by atoms with Crippen LogP contribution in [-0.2, 0) is 4.79 Å². The Morgan fingerprint density at radius 2 is 2.11 bits per heavy atom. The van der Waals surface area contributed by atoms with Crippen LogP contribution in [0.4, 0.5) is 15.8 Å². The van der Waals surface area contributed by atoms with Gasteiger partial charge in [0.2, 0.25) is 5.91 Å². The summed E-state index contributed by atoms with van der Waals surface area (Å²) in [5, 5.41) is 2.54. The quantitative estimate of drug-likeness (QED) is 0.806. The van der Waals surface area contributed by atoms with Gasteiger partial charge < -0.3 is 11.1 Å². The first-order chi connectivity index (χ1) is 8.76. The zero-order chi connectivity index (χ0) is 14.6. The van der Waals surface area contributed by atoms with Crippen LogP contribution in [0, 0.1) is 5.82 Å². The molecule has 0 spiro atoms. The zero-order valence-electron chi connectivity index (χ0n) is 12.0. The van der Waals surface area contributed by atoms with E-state index >= 15 is 0 Å². The smallest absolute Gasteiger partial charge is 0.238 e. The summed E-state index contributed by atoms with van der Waals surface area (Å²) in [6.45, 7) is 6.38. The van der Waals surface area contributed by atoms with Crippen molar-refractivity contribution < 1.29 is 9.18 Å². The summed E-state index contributed by atoms with van der Waals surface area (Å²) >= 11 is 0. The maximum absolute atomic E-state index is 13.5. The fourth-order valence-corrected chi connectivity index (χ4v) is 1.53. The van der Waals surface area contributed by atoms with Crippen LogP contribution in [0.1, 0.15) is 27.2 Å². The van der Waals surface area contributed by atoms with Crippen LogP contribution >= 0.6 is 0 Å². The number of nitrogens with zero attached hydrogens (tertiary/aromatic N) is 1. The van der Waals surface area contributed by atoms with E-state index in [9.17, 15) is 9.18 Å². The third-order valence-corrected chi connectivity index (χ3v) is 3.54. The van der Waals surface area contributed by atoms with Gasteiger partial charge in [-0.25, -0.2) is 4.39 Å². The van der Waals surface area contributed by atoms with Gasteiger partial charge in [-0.2, -0.15) is 0 Å². The second-order valence-corrected chi connectivity index (χ2v) is 5.31. The van der Waals surface area contributed by atoms with Crippen molar-refractivity contribution in [2.24, 2.45) is 0 Å². The van der Waals surface area contributed by atoms with Crippen molar-refractivity contribution in [3.8, 4) is 0 Å². The van der Waals surface area contributed by atoms with Gasteiger partial charge in [0, 0.05) is 11.2 Å². The summed E-state index contributed by atoms with van der Waals surface area (Å²) < 4.78 is 13.5. The monoisotopic (exact) mass is 267 g/mol. The lowest BCUT2D eigenvalue weighted by Crippen LogP contribution is -2.44. The molecule has 4 nitrogen and oxygen atoms in total. The molecule has 5 heteroatoms. The third kappa shape index (κ3) is 4.21. The predicted molar refractivity (Wildman–Crippen MR) is 76.4 cm³/mol. The largest absolute Gasteiger partial charge is 0.399 e. The maximum atomic E-state index is 13.5. The predicted octanol–water partition coefficient (Wildman–Crippen LogP) is 2.47. The van der Waals surface area contributed by atoms with Crippen molar-refractivity contribution in [1.29, 1.82) is 0 Å². The first kappa shape index (κ1) is 15.4. The Labute approximate surface area is 113 Å². The Morgan fingerprint density at radius 3 is 2.68 bits per heavy atom. The normalized spacial score (nSPS) is 11.7. The van der Waals surface area contributed by atoms with E-state index < -0.39 is 5.82 Å². The minimum atomic E-state index is -0.486. The maximum Gasteiger partial charge on any atom is 0.238 e. The first-order valence-electron chi connectivity index (χ1n) is 6.32. The van der Waals surface area contributed by atoms with Crippen molar-refractivity contribution in [1.82, 2.24) is 4.90 Å². The summed E-state index contributed by atoms with van der Waals surface area (Å²) in [5.74, 6) is -0.742. The van der Waals surface area contributed by atoms with Crippen LogP contribution < -0.4 is 11.1 Å². The third-order valence-electron chi connectivity index (χ3n) is 3.54. The second kappa shape index (κ2) is 6.02. The summed E-state index contributed by atoms with van der Waals surface area (Å²) in [6, 6.07) is 4.11. The van der Waals surface area contributed by atoms with E-state index in [0.717, 1.165) is 6.42 Å². The van der Waals surface area contributed by atoms with Crippen molar-refractivity contribution >= 4 is 17.3 Å². The van der Waals surface area contributed by atoms with Gasteiger partial charge in [0.25, 0.3) is 0 Å². The van der Waals surface area contributed by atoms with Crippen LogP contribution in [0.15, 0.2) is 18.2 Å². The fourth-order valence-electron chi connectivity index (χ4n) is 1.53. The van der Waals surface area contributed by atoms with Gasteiger partial charge in [-0.1, -0.05) is 6.92 Å². The number of hydrogen-bond donors (Lipinski definition) is 2. The number of halogens is 1. The number of anilines is 2. The number of nitrogens with two attached hydrogens (primary N) is 1. The van der Waals surface area contributed by atoms with E-state index in [-0.39, 0.29) is 23.7 Å². The Morgan fingerprint density at radius 1 is 1.47 bits per heavy atom. The molecule has 3 N–H and O–H groups in total. The molecule has 1 rings (SSSR count). The van der Waals surface area contributed by atoms with E-state index in [4.69, 9.17) is 5.73 Å². The summed E-state index contributed by atoms with van der Waals surface area (Å²) in [6.07, 6.45) is 0.920. The van der Waals surface area contributed by atoms with Crippen LogP contribution in [0.2, 0.25) is 0 Å². The molecule has 0 heterocycles. The molecule has 1 aromatic rings. The molecular formula is C14H22FN3O. The van der Waals surface area contributed by atoms with Gasteiger partial charge in [-0.15, -0.1) is 0 Å². The zero-order valence-corrected chi connectivity index (χ0v) is 12.0. The van der Waals surface area contributed by atoms with Crippen LogP contribution in [0.25, 0.3) is 0 Å². The van der Waals surface area contributed by atoms with Crippen molar-refractivity contribution in [3.63, 3.8) is 0 Å². The van der Waals surface area contributed by atoms with Crippen molar-refractivity contribution in [2.75, 3.05) is 24.6 Å². The molecule has 0 aromatic heterocycles. The average Bonchev–Trinajstić information content (AvgIpc) is 2.33. The Bertz CT molecular complexity index is 460. The van der Waals surface area contributed by atoms with Gasteiger partial charge in [0.1, 0.15) is 5.82 Å². The van der Waals surface area contributed by atoms with Crippen LogP contribution in [0.3, 0.4) is 0 Å². The molecule has 1 amide bonds. The lowest BCUT2D eigenvalue weighted by atomic mass is 10.00. The number of carbonyl (C=O) groups is 1. The number of rotatable bonds is 5. The molecule has 0 atom stereocenters. The molecule has 106 valence electrons. The average molecular weight is 267 g/mol. The molecule has 0 aliphatic carbocycles. The highest BCUT2D eigenvalue weighted by Crippen LogP contribution is 2.19. The van der Waals surface area contributed by atoms with Gasteiger partial charge >= 0.3 is 0 Å². The number of hydrogen-bond acceptors (Lipinski definition) is 3. The minimum absolute atomic E-state index is 0.0778. The number of likely N-dealkylation sites (N-methyl/N-ethyl adjacent to an activating group) is 1. The topological polar surface area (TPSA) is 58.4 Å². The molecule has 0 bridgehead atoms. The lowest BCUT2D eigenvalue weighted by Gasteiger charge is -2.34. The Hall–Kier alpha value is -1.62. The Balaban J connectivity index is 2.68. The molecule has 0 aliphatic rings. The molecule has 19 heavy (non-hydrogen) atoms. The second-order valence-electron chi connectivity index (χ2n) is 5.31. The number of benzene rings is 1. The molecular weight excluding hydrogens is 245 g/mol. The molecule has 0 radical (unpaired) electrons. The van der Waals surface area contributed by atoms with E-state index in [1.807, 2.05) is 11.9 Å². The van der Waals surface area contributed by atoms with Crippen molar-refractivity contribution in [3.05, 3.63) is 24.0 Å². The minimum Gasteiger partial charge on any atom is -0.399 e. The fraction of sp³-hybridized carbons (Fsp3) is 0.500. The highest BCUT2D eigenvalue weighted by atomic mass is 19.1. The molecule has 0 unspecified atom stereocenters. The SMILES string of the molecule is CCC(C)(C)N(C)CC(=O)Nc1cc(N)ccc1F. The van der Waals surface area contributed by atoms with E-state index in [0.29, 0.717) is 5.69 Å². The number of amides is 1. The number of nitrogen functional groups attached to an aromatic ring is 1. The standard InChI is InChI=1S/C14H22FN3O/c1-5-14(2,3)18(4)9-13(19)17-12-8-10(16)6-7-11(12)15/h6-8H,5,9,16H2,1-4H3,(H,17,19). The van der Waals surface area contributed by atoms with Gasteiger partial charge in [-0.05, 0) is 45.5 Å². The van der Waals surface area contributed by atoms with Gasteiger partial charge in [0.15, 0.2) is 0 Å². The van der Waals surface area contributed by atoms with Crippen LogP contribution in [0.5, 0.6) is 0 Å². The number of carbonyl (C=O) groups excluding carboxylic acids is 1. The summed E-state index contributed by atoms with van der Waals surface area (Å²) in [4.78, 5) is 13.8. The van der Waals surface area contributed by atoms with Crippen LogP contribution in [-0.4, -0.2) is 29.9 Å². The molecule has 0 saturated carbocycles. The molecule has 0 fully saturated rings. The van der Waals surface area contributed by atoms with E-state index in [1.54, 1.807) is 0 Å². The highest BCUT2D eigenvalue weighted by molar-refractivity contribution is 5.92.